The number of esters is 1. The molecule has 1 fully saturated rings. The number of nitrogens with zero attached hydrogens (tertiary/aromatic N) is 1. The second kappa shape index (κ2) is 11.0. The Labute approximate surface area is 238 Å². The first-order valence-corrected chi connectivity index (χ1v) is 14.1. The molecule has 8 nitrogen and oxygen atoms in total. The van der Waals surface area contributed by atoms with Crippen LogP contribution in [0.25, 0.3) is 22.3 Å². The molecule has 5 rings (SSSR count). The number of thiol groups is 1. The van der Waals surface area contributed by atoms with Gasteiger partial charge in [0.2, 0.25) is 10.9 Å². The van der Waals surface area contributed by atoms with Gasteiger partial charge >= 0.3 is 5.97 Å². The highest BCUT2D eigenvalue weighted by Crippen LogP contribution is 2.45. The molecule has 1 N–H and O–H groups in total. The van der Waals surface area contributed by atoms with Crippen molar-refractivity contribution < 1.29 is 35.9 Å². The fourth-order valence-electron chi connectivity index (χ4n) is 4.65. The van der Waals surface area contributed by atoms with Crippen LogP contribution >= 0.6 is 15.9 Å². The Bertz CT molecular complexity index is 1720. The molecule has 12 heteroatoms. The summed E-state index contributed by atoms with van der Waals surface area (Å²) in [6, 6.07) is 11.3. The van der Waals surface area contributed by atoms with Crippen molar-refractivity contribution in [1.82, 2.24) is 5.32 Å². The minimum atomic E-state index is -3.26. The van der Waals surface area contributed by atoms with Gasteiger partial charge in [0, 0.05) is 18.0 Å². The van der Waals surface area contributed by atoms with Gasteiger partial charge < -0.3 is 14.5 Å². The van der Waals surface area contributed by atoms with Gasteiger partial charge in [-0.1, -0.05) is 0 Å². The number of carbonyl (C=O) groups excluding carboxylic acids is 2. The topological polar surface area (TPSA) is 106 Å². The molecule has 4 aromatic rings. The fraction of sp³-hybridized carbons (Fsp3) is 0.214. The summed E-state index contributed by atoms with van der Waals surface area (Å²) in [5.41, 5.74) is 2.31. The summed E-state index contributed by atoms with van der Waals surface area (Å²) in [4.78, 5) is 25.1. The highest BCUT2D eigenvalue weighted by atomic mass is 79.9. The molecule has 1 aromatic heterocycles. The van der Waals surface area contributed by atoms with Crippen molar-refractivity contribution in [2.45, 2.75) is 25.3 Å². The lowest BCUT2D eigenvalue weighted by Crippen LogP contribution is -2.22. The number of anilines is 1. The number of hydrogen-bond acceptors (Lipinski definition) is 6. The van der Waals surface area contributed by atoms with E-state index >= 15 is 0 Å². The van der Waals surface area contributed by atoms with Crippen LogP contribution in [0.2, 0.25) is 0 Å². The van der Waals surface area contributed by atoms with Gasteiger partial charge in [-0.2, -0.15) is 0 Å². The molecule has 0 spiro atoms. The molecule has 40 heavy (non-hydrogen) atoms. The zero-order chi connectivity index (χ0) is 28.7. The highest BCUT2D eigenvalue weighted by molar-refractivity contribution is 9.10. The number of fused-ring (bicyclic) bond motifs is 1. The van der Waals surface area contributed by atoms with Gasteiger partial charge in [-0.05, 0) is 94.3 Å². The van der Waals surface area contributed by atoms with Crippen LogP contribution in [0.3, 0.4) is 0 Å². The number of methoxy groups -OCH3 is 1. The minimum Gasteiger partial charge on any atom is -0.465 e. The normalized spacial score (nSPS) is 13.1. The Morgan fingerprint density at radius 1 is 1.12 bits per heavy atom. The predicted octanol–water partition coefficient (Wildman–Crippen LogP) is 5.70. The summed E-state index contributed by atoms with van der Waals surface area (Å²) >= 11 is 3.01. The molecule has 0 aliphatic heterocycles. The van der Waals surface area contributed by atoms with Crippen molar-refractivity contribution in [2.75, 3.05) is 18.5 Å². The van der Waals surface area contributed by atoms with Gasteiger partial charge in [-0.3, -0.25) is 9.10 Å². The number of benzene rings is 3. The van der Waals surface area contributed by atoms with E-state index in [1.165, 1.54) is 37.4 Å². The van der Waals surface area contributed by atoms with Crippen LogP contribution in [0.1, 0.15) is 50.6 Å². The Kier molecular flexibility index (Phi) is 7.65. The molecule has 0 radical (unpaired) electrons. The van der Waals surface area contributed by atoms with Crippen LogP contribution in [0.4, 0.5) is 14.5 Å². The summed E-state index contributed by atoms with van der Waals surface area (Å²) in [5.74, 6) is -2.11. The summed E-state index contributed by atoms with van der Waals surface area (Å²) < 4.78 is 64.8. The van der Waals surface area contributed by atoms with Crippen molar-refractivity contribution in [2.24, 2.45) is 0 Å². The summed E-state index contributed by atoms with van der Waals surface area (Å²) in [6.07, 6.45) is 1.75. The van der Waals surface area contributed by atoms with Crippen molar-refractivity contribution in [3.05, 3.63) is 86.9 Å². The number of halogens is 3. The maximum absolute atomic E-state index is 14.7. The lowest BCUT2D eigenvalue weighted by molar-refractivity contribution is 0.0599. The largest absolute Gasteiger partial charge is 0.465 e. The van der Waals surface area contributed by atoms with E-state index in [0.717, 1.165) is 35.9 Å². The molecule has 1 amide bonds. The second-order valence-electron chi connectivity index (χ2n) is 9.29. The van der Waals surface area contributed by atoms with E-state index in [1.54, 1.807) is 6.07 Å². The lowest BCUT2D eigenvalue weighted by atomic mass is 9.97. The maximum Gasteiger partial charge on any atom is 0.339 e. The van der Waals surface area contributed by atoms with Gasteiger partial charge in [-0.25, -0.2) is 22.0 Å². The number of ether oxygens (including phenoxy) is 1. The van der Waals surface area contributed by atoms with E-state index in [9.17, 15) is 26.8 Å². The quantitative estimate of drug-likeness (QED) is 0.191. The average molecular weight is 633 g/mol. The summed E-state index contributed by atoms with van der Waals surface area (Å²) in [7, 11) is -0.628. The van der Waals surface area contributed by atoms with E-state index < -0.39 is 34.4 Å². The third-order valence-electron chi connectivity index (χ3n) is 6.76. The minimum absolute atomic E-state index is 0.0587. The van der Waals surface area contributed by atoms with E-state index in [2.05, 4.69) is 21.2 Å². The van der Waals surface area contributed by atoms with Crippen molar-refractivity contribution in [1.29, 1.82) is 0 Å². The number of carbonyl (C=O) groups is 2. The third-order valence-corrected chi connectivity index (χ3v) is 8.33. The monoisotopic (exact) mass is 632 g/mol. The first kappa shape index (κ1) is 27.8. The Morgan fingerprint density at radius 2 is 1.82 bits per heavy atom. The number of amides is 1. The molecule has 0 bridgehead atoms. The zero-order valence-corrected chi connectivity index (χ0v) is 23.8. The van der Waals surface area contributed by atoms with Crippen LogP contribution in [0.15, 0.2) is 57.4 Å². The van der Waals surface area contributed by atoms with E-state index in [1.807, 2.05) is 6.07 Å². The van der Waals surface area contributed by atoms with Crippen LogP contribution in [-0.2, 0) is 22.2 Å². The highest BCUT2D eigenvalue weighted by Gasteiger charge is 2.31. The van der Waals surface area contributed by atoms with Crippen molar-refractivity contribution >= 4 is 55.4 Å². The summed E-state index contributed by atoms with van der Waals surface area (Å²) in [6.45, 7) is -0.177. The van der Waals surface area contributed by atoms with Gasteiger partial charge in [0.05, 0.1) is 34.9 Å². The van der Waals surface area contributed by atoms with Crippen molar-refractivity contribution in [3.8, 4) is 11.3 Å². The fourth-order valence-corrected chi connectivity index (χ4v) is 5.62. The average Bonchev–Trinajstić information content (AvgIpc) is 3.72. The third kappa shape index (κ3) is 5.20. The van der Waals surface area contributed by atoms with Gasteiger partial charge in [0.1, 0.15) is 23.0 Å². The molecular weight excluding hydrogens is 610 g/mol. The van der Waals surface area contributed by atoms with Crippen molar-refractivity contribution in [3.63, 3.8) is 0 Å². The molecule has 1 aliphatic carbocycles. The standard InChI is InChI=1S/C28H23BrF2N2O6S/c1-32-27(34)24-20-12-19(14-3-4-14)16(9-23(20)39-26(24)15-5-7-17(30)8-6-15)13-33(40(36)37)18-10-21(28(35)38-2)25(29)22(31)11-18/h5-12,14,40H,3-4,13H2,1-2H3,(H,32,34). The second-order valence-corrected chi connectivity index (χ2v) is 11.0. The number of furan rings is 1. The van der Waals surface area contributed by atoms with Crippen LogP contribution in [0.5, 0.6) is 0 Å². The smallest absolute Gasteiger partial charge is 0.339 e. The summed E-state index contributed by atoms with van der Waals surface area (Å²) in [5, 5.41) is 3.15. The molecule has 0 saturated heterocycles. The number of nitrogens with one attached hydrogen (secondary N) is 1. The predicted molar refractivity (Wildman–Crippen MR) is 149 cm³/mol. The molecule has 1 aliphatic rings. The van der Waals surface area contributed by atoms with E-state index in [-0.39, 0.29) is 39.5 Å². The van der Waals surface area contributed by atoms with Crippen LogP contribution in [0, 0.1) is 11.6 Å². The number of rotatable bonds is 8. The van der Waals surface area contributed by atoms with Gasteiger partial charge in [0.15, 0.2) is 0 Å². The zero-order valence-electron chi connectivity index (χ0n) is 21.3. The first-order valence-electron chi connectivity index (χ1n) is 12.2. The Balaban J connectivity index is 1.66. The van der Waals surface area contributed by atoms with E-state index in [4.69, 9.17) is 9.15 Å². The Hall–Kier alpha value is -3.77. The number of hydrogen-bond donors (Lipinski definition) is 2. The SMILES string of the molecule is CNC(=O)c1c(-c2ccc(F)cc2)oc2cc(CN(c3cc(F)c(Br)c(C(=O)OC)c3)[SH](=O)=O)c(C3CC3)cc12. The molecule has 208 valence electrons. The van der Waals surface area contributed by atoms with E-state index in [0.29, 0.717) is 22.1 Å². The molecule has 3 aromatic carbocycles. The molecule has 1 heterocycles. The first-order chi connectivity index (χ1) is 19.1. The lowest BCUT2D eigenvalue weighted by Gasteiger charge is -2.21. The van der Waals surface area contributed by atoms with Crippen LogP contribution < -0.4 is 9.62 Å². The molecule has 0 unspecified atom stereocenters. The molecule has 0 atom stereocenters. The van der Waals surface area contributed by atoms with Crippen LogP contribution in [-0.4, -0.2) is 34.5 Å². The molecular formula is C28H23BrF2N2O6S. The van der Waals surface area contributed by atoms with Gasteiger partial charge in [0.25, 0.3) is 5.91 Å². The Morgan fingerprint density at radius 3 is 2.42 bits per heavy atom. The van der Waals surface area contributed by atoms with Gasteiger partial charge in [-0.15, -0.1) is 0 Å². The molecule has 1 saturated carbocycles. The maximum atomic E-state index is 14.7.